The Bertz CT molecular complexity index is 579. The van der Waals surface area contributed by atoms with E-state index in [1.807, 2.05) is 18.2 Å². The number of aryl methyl sites for hydroxylation is 1. The summed E-state index contributed by atoms with van der Waals surface area (Å²) < 4.78 is 0. The molecule has 0 aliphatic carbocycles. The molecule has 1 N–H and O–H groups in total. The average molecular weight is 311 g/mol. The lowest BCUT2D eigenvalue weighted by Gasteiger charge is -2.27. The second-order valence-electron chi connectivity index (χ2n) is 6.86. The summed E-state index contributed by atoms with van der Waals surface area (Å²) in [5.41, 5.74) is 3.86. The maximum atomic E-state index is 10.5. The molecule has 0 aliphatic rings. The minimum Gasteiger partial charge on any atom is -0.391 e. The van der Waals surface area contributed by atoms with E-state index in [4.69, 9.17) is 0 Å². The fourth-order valence-electron chi connectivity index (χ4n) is 3.00. The fraction of sp³-hybridized carbons (Fsp3) is 0.429. The van der Waals surface area contributed by atoms with Crippen molar-refractivity contribution in [2.24, 2.45) is 5.92 Å². The first-order valence-electron chi connectivity index (χ1n) is 8.53. The summed E-state index contributed by atoms with van der Waals surface area (Å²) in [6.07, 6.45) is 0.378. The minimum atomic E-state index is -0.333. The Kier molecular flexibility index (Phi) is 6.82. The zero-order valence-electron chi connectivity index (χ0n) is 14.6. The van der Waals surface area contributed by atoms with E-state index in [1.165, 1.54) is 16.7 Å². The summed E-state index contributed by atoms with van der Waals surface area (Å²) in [5.74, 6) is 0.586. The Morgan fingerprint density at radius 1 is 0.913 bits per heavy atom. The molecule has 0 saturated heterocycles. The highest BCUT2D eigenvalue weighted by atomic mass is 16.3. The Morgan fingerprint density at radius 2 is 1.57 bits per heavy atom. The topological polar surface area (TPSA) is 23.5 Å². The summed E-state index contributed by atoms with van der Waals surface area (Å²) in [5, 5.41) is 10.5. The smallest absolute Gasteiger partial charge is 0.0707 e. The standard InChI is InChI=1S/C21H29NO/c1-17(2)14-22(15-20-12-8-7-9-18(20)3)16-21(23)13-19-10-5-4-6-11-19/h4-12,17,21,23H,13-16H2,1-3H3. The zero-order chi connectivity index (χ0) is 16.7. The Labute approximate surface area is 140 Å². The van der Waals surface area contributed by atoms with Crippen molar-refractivity contribution in [2.45, 2.75) is 39.8 Å². The third-order valence-electron chi connectivity index (χ3n) is 4.06. The van der Waals surface area contributed by atoms with Crippen molar-refractivity contribution >= 4 is 0 Å². The van der Waals surface area contributed by atoms with Gasteiger partial charge in [-0.1, -0.05) is 68.4 Å². The molecular formula is C21H29NO. The molecule has 0 heterocycles. The average Bonchev–Trinajstić information content (AvgIpc) is 2.49. The van der Waals surface area contributed by atoms with Crippen LogP contribution in [0.4, 0.5) is 0 Å². The van der Waals surface area contributed by atoms with Gasteiger partial charge in [-0.05, 0) is 36.0 Å². The molecule has 2 nitrogen and oxygen atoms in total. The monoisotopic (exact) mass is 311 g/mol. The van der Waals surface area contributed by atoms with E-state index in [1.54, 1.807) is 0 Å². The molecule has 0 aromatic heterocycles. The molecule has 2 aromatic carbocycles. The highest BCUT2D eigenvalue weighted by Crippen LogP contribution is 2.13. The van der Waals surface area contributed by atoms with Gasteiger partial charge in [-0.25, -0.2) is 0 Å². The van der Waals surface area contributed by atoms with Crippen LogP contribution >= 0.6 is 0 Å². The van der Waals surface area contributed by atoms with E-state index in [0.717, 1.165) is 13.1 Å². The zero-order valence-corrected chi connectivity index (χ0v) is 14.6. The number of rotatable bonds is 8. The third-order valence-corrected chi connectivity index (χ3v) is 4.06. The van der Waals surface area contributed by atoms with Gasteiger partial charge in [-0.3, -0.25) is 4.90 Å². The van der Waals surface area contributed by atoms with Crippen molar-refractivity contribution in [1.82, 2.24) is 4.90 Å². The summed E-state index contributed by atoms with van der Waals surface area (Å²) in [4.78, 5) is 2.38. The van der Waals surface area contributed by atoms with Crippen molar-refractivity contribution in [3.05, 3.63) is 71.3 Å². The second kappa shape index (κ2) is 8.85. The number of hydrogen-bond acceptors (Lipinski definition) is 2. The Hall–Kier alpha value is -1.64. The van der Waals surface area contributed by atoms with E-state index < -0.39 is 0 Å². The molecular weight excluding hydrogens is 282 g/mol. The molecule has 2 aromatic rings. The van der Waals surface area contributed by atoms with Crippen LogP contribution in [0.2, 0.25) is 0 Å². The van der Waals surface area contributed by atoms with Crippen LogP contribution in [0.1, 0.15) is 30.5 Å². The Morgan fingerprint density at radius 3 is 2.22 bits per heavy atom. The van der Waals surface area contributed by atoms with Crippen LogP contribution in [-0.2, 0) is 13.0 Å². The van der Waals surface area contributed by atoms with E-state index >= 15 is 0 Å². The molecule has 1 atom stereocenters. The van der Waals surface area contributed by atoms with Crippen molar-refractivity contribution in [2.75, 3.05) is 13.1 Å². The van der Waals surface area contributed by atoms with Gasteiger partial charge in [0, 0.05) is 19.6 Å². The number of nitrogens with zero attached hydrogens (tertiary/aromatic N) is 1. The van der Waals surface area contributed by atoms with Gasteiger partial charge in [0.2, 0.25) is 0 Å². The molecule has 0 fully saturated rings. The first-order valence-corrected chi connectivity index (χ1v) is 8.53. The summed E-state index contributed by atoms with van der Waals surface area (Å²) in [6.45, 7) is 9.23. The van der Waals surface area contributed by atoms with Gasteiger partial charge in [0.15, 0.2) is 0 Å². The SMILES string of the molecule is Cc1ccccc1CN(CC(C)C)CC(O)Cc1ccccc1. The lowest BCUT2D eigenvalue weighted by atomic mass is 10.0. The van der Waals surface area contributed by atoms with E-state index in [0.29, 0.717) is 18.9 Å². The summed E-state index contributed by atoms with van der Waals surface area (Å²) in [7, 11) is 0. The quantitative estimate of drug-likeness (QED) is 0.795. The van der Waals surface area contributed by atoms with Crippen molar-refractivity contribution in [3.63, 3.8) is 0 Å². The summed E-state index contributed by atoms with van der Waals surface area (Å²) in [6, 6.07) is 18.7. The van der Waals surface area contributed by atoms with Crippen LogP contribution in [0.15, 0.2) is 54.6 Å². The predicted molar refractivity (Wildman–Crippen MR) is 97.4 cm³/mol. The summed E-state index contributed by atoms with van der Waals surface area (Å²) >= 11 is 0. The van der Waals surface area contributed by atoms with Crippen LogP contribution in [0.25, 0.3) is 0 Å². The molecule has 0 spiro atoms. The van der Waals surface area contributed by atoms with Crippen LogP contribution in [0.3, 0.4) is 0 Å². The van der Waals surface area contributed by atoms with E-state index in [2.05, 4.69) is 62.1 Å². The van der Waals surface area contributed by atoms with Crippen molar-refractivity contribution < 1.29 is 5.11 Å². The van der Waals surface area contributed by atoms with Crippen LogP contribution in [-0.4, -0.2) is 29.2 Å². The second-order valence-corrected chi connectivity index (χ2v) is 6.86. The highest BCUT2D eigenvalue weighted by Gasteiger charge is 2.15. The predicted octanol–water partition coefficient (Wildman–Crippen LogP) is 4.06. The van der Waals surface area contributed by atoms with Gasteiger partial charge in [-0.15, -0.1) is 0 Å². The van der Waals surface area contributed by atoms with Gasteiger partial charge >= 0.3 is 0 Å². The van der Waals surface area contributed by atoms with Crippen molar-refractivity contribution in [1.29, 1.82) is 0 Å². The molecule has 2 heteroatoms. The fourth-order valence-corrected chi connectivity index (χ4v) is 3.00. The number of aliphatic hydroxyl groups excluding tert-OH is 1. The molecule has 23 heavy (non-hydrogen) atoms. The number of aliphatic hydroxyl groups is 1. The normalized spacial score (nSPS) is 12.8. The van der Waals surface area contributed by atoms with E-state index in [-0.39, 0.29) is 6.10 Å². The van der Waals surface area contributed by atoms with Crippen LogP contribution in [0.5, 0.6) is 0 Å². The third kappa shape index (κ3) is 6.17. The number of hydrogen-bond donors (Lipinski definition) is 1. The van der Waals surface area contributed by atoms with Crippen LogP contribution < -0.4 is 0 Å². The largest absolute Gasteiger partial charge is 0.391 e. The van der Waals surface area contributed by atoms with Gasteiger partial charge in [0.05, 0.1) is 6.10 Å². The van der Waals surface area contributed by atoms with E-state index in [9.17, 15) is 5.11 Å². The highest BCUT2D eigenvalue weighted by molar-refractivity contribution is 5.25. The minimum absolute atomic E-state index is 0.333. The van der Waals surface area contributed by atoms with Gasteiger partial charge in [0.25, 0.3) is 0 Å². The number of benzene rings is 2. The molecule has 0 radical (unpaired) electrons. The first kappa shape index (κ1) is 17.7. The maximum absolute atomic E-state index is 10.5. The Balaban J connectivity index is 1.99. The molecule has 2 rings (SSSR count). The molecule has 0 bridgehead atoms. The van der Waals surface area contributed by atoms with Crippen molar-refractivity contribution in [3.8, 4) is 0 Å². The maximum Gasteiger partial charge on any atom is 0.0707 e. The molecule has 0 amide bonds. The lowest BCUT2D eigenvalue weighted by Crippen LogP contribution is -2.35. The molecule has 124 valence electrons. The van der Waals surface area contributed by atoms with Crippen LogP contribution in [0, 0.1) is 12.8 Å². The van der Waals surface area contributed by atoms with Gasteiger partial charge in [0.1, 0.15) is 0 Å². The molecule has 0 aliphatic heterocycles. The van der Waals surface area contributed by atoms with Gasteiger partial charge in [-0.2, -0.15) is 0 Å². The molecule has 1 unspecified atom stereocenters. The lowest BCUT2D eigenvalue weighted by molar-refractivity contribution is 0.101. The first-order chi connectivity index (χ1) is 11.0. The van der Waals surface area contributed by atoms with Gasteiger partial charge < -0.3 is 5.11 Å². The molecule has 0 saturated carbocycles.